The highest BCUT2D eigenvalue weighted by molar-refractivity contribution is 5.98. The molecular formula is C20H34Cl2N4O2. The summed E-state index contributed by atoms with van der Waals surface area (Å²) < 4.78 is 0. The molecule has 160 valence electrons. The van der Waals surface area contributed by atoms with E-state index >= 15 is 0 Å². The molecule has 2 rings (SSSR count). The van der Waals surface area contributed by atoms with Gasteiger partial charge in [-0.2, -0.15) is 0 Å². The number of hydrogen-bond donors (Lipinski definition) is 3. The molecule has 0 radical (unpaired) electrons. The van der Waals surface area contributed by atoms with Crippen molar-refractivity contribution in [2.24, 2.45) is 11.1 Å². The maximum atomic E-state index is 12.6. The fourth-order valence-electron chi connectivity index (χ4n) is 3.37. The summed E-state index contributed by atoms with van der Waals surface area (Å²) in [6, 6.07) is 7.24. The molecule has 0 aromatic heterocycles. The lowest BCUT2D eigenvalue weighted by molar-refractivity contribution is -0.134. The Hall–Kier alpha value is -1.50. The van der Waals surface area contributed by atoms with Crippen LogP contribution in [0.1, 0.15) is 46.5 Å². The molecule has 0 spiro atoms. The van der Waals surface area contributed by atoms with E-state index in [-0.39, 0.29) is 43.2 Å². The van der Waals surface area contributed by atoms with Gasteiger partial charge in [-0.05, 0) is 50.8 Å². The van der Waals surface area contributed by atoms with Gasteiger partial charge in [-0.3, -0.25) is 9.59 Å². The Bertz CT molecular complexity index is 624. The van der Waals surface area contributed by atoms with Crippen molar-refractivity contribution >= 4 is 48.0 Å². The molecule has 1 fully saturated rings. The van der Waals surface area contributed by atoms with Gasteiger partial charge in [-0.1, -0.05) is 19.9 Å². The maximum Gasteiger partial charge on any atom is 0.246 e. The van der Waals surface area contributed by atoms with Crippen molar-refractivity contribution in [2.75, 3.05) is 29.9 Å². The molecule has 1 aliphatic heterocycles. The van der Waals surface area contributed by atoms with Gasteiger partial charge in [-0.15, -0.1) is 24.8 Å². The van der Waals surface area contributed by atoms with Crippen LogP contribution in [-0.4, -0.2) is 37.5 Å². The lowest BCUT2D eigenvalue weighted by atomic mass is 9.81. The van der Waals surface area contributed by atoms with Gasteiger partial charge in [-0.25, -0.2) is 0 Å². The van der Waals surface area contributed by atoms with E-state index in [4.69, 9.17) is 5.73 Å². The van der Waals surface area contributed by atoms with Crippen molar-refractivity contribution in [3.05, 3.63) is 24.3 Å². The number of carbonyl (C=O) groups excluding carboxylic acids is 2. The summed E-state index contributed by atoms with van der Waals surface area (Å²) in [5.74, 6) is -0.381. The molecule has 1 aliphatic rings. The average Bonchev–Trinajstić information content (AvgIpc) is 3.18. The van der Waals surface area contributed by atoms with E-state index in [2.05, 4.69) is 21.6 Å². The number of benzene rings is 1. The van der Waals surface area contributed by atoms with Gasteiger partial charge >= 0.3 is 0 Å². The third kappa shape index (κ3) is 6.26. The van der Waals surface area contributed by atoms with Crippen LogP contribution in [-0.2, 0) is 9.59 Å². The van der Waals surface area contributed by atoms with Crippen molar-refractivity contribution in [1.29, 1.82) is 0 Å². The minimum atomic E-state index is -0.623. The van der Waals surface area contributed by atoms with Crippen LogP contribution in [0.3, 0.4) is 0 Å². The molecule has 1 heterocycles. The van der Waals surface area contributed by atoms with Crippen molar-refractivity contribution in [3.63, 3.8) is 0 Å². The highest BCUT2D eigenvalue weighted by atomic mass is 35.5. The van der Waals surface area contributed by atoms with Gasteiger partial charge in [0.25, 0.3) is 0 Å². The number of anilines is 2. The van der Waals surface area contributed by atoms with Crippen molar-refractivity contribution in [3.8, 4) is 0 Å². The third-order valence-corrected chi connectivity index (χ3v) is 5.55. The molecule has 8 heteroatoms. The number of hydrogen-bond acceptors (Lipinski definition) is 4. The summed E-state index contributed by atoms with van der Waals surface area (Å²) in [4.78, 5) is 27.4. The smallest absolute Gasteiger partial charge is 0.246 e. The van der Waals surface area contributed by atoms with Gasteiger partial charge in [0.1, 0.15) is 6.04 Å². The van der Waals surface area contributed by atoms with Crippen LogP contribution in [0.5, 0.6) is 0 Å². The van der Waals surface area contributed by atoms with E-state index in [0.29, 0.717) is 12.8 Å². The Morgan fingerprint density at radius 2 is 1.79 bits per heavy atom. The molecule has 4 N–H and O–H groups in total. The van der Waals surface area contributed by atoms with Crippen LogP contribution in [0.4, 0.5) is 11.4 Å². The Morgan fingerprint density at radius 1 is 1.18 bits per heavy atom. The number of nitrogens with two attached hydrogens (primary N) is 1. The normalized spacial score (nSPS) is 14.5. The molecule has 28 heavy (non-hydrogen) atoms. The average molecular weight is 433 g/mol. The Balaban J connectivity index is 0.00000364. The van der Waals surface area contributed by atoms with E-state index < -0.39 is 11.5 Å². The Labute approximate surface area is 180 Å². The number of amides is 2. The molecule has 1 unspecified atom stereocenters. The lowest BCUT2D eigenvalue weighted by Crippen LogP contribution is -2.51. The lowest BCUT2D eigenvalue weighted by Gasteiger charge is -2.30. The minimum absolute atomic E-state index is 0. The Morgan fingerprint density at radius 3 is 2.32 bits per heavy atom. The molecule has 0 saturated carbocycles. The molecule has 6 nitrogen and oxygen atoms in total. The molecular weight excluding hydrogens is 399 g/mol. The molecule has 1 aromatic carbocycles. The fourth-order valence-corrected chi connectivity index (χ4v) is 3.37. The molecule has 1 aromatic rings. The second-order valence-corrected chi connectivity index (χ2v) is 7.12. The first kappa shape index (κ1) is 26.5. The molecule has 1 saturated heterocycles. The van der Waals surface area contributed by atoms with Gasteiger partial charge in [0.15, 0.2) is 0 Å². The van der Waals surface area contributed by atoms with E-state index in [9.17, 15) is 9.59 Å². The van der Waals surface area contributed by atoms with Crippen LogP contribution >= 0.6 is 24.8 Å². The van der Waals surface area contributed by atoms with Crippen LogP contribution in [0.25, 0.3) is 0 Å². The van der Waals surface area contributed by atoms with Crippen LogP contribution in [0.2, 0.25) is 0 Å². The highest BCUT2D eigenvalue weighted by Gasteiger charge is 2.34. The first-order valence-corrected chi connectivity index (χ1v) is 9.62. The molecule has 0 aliphatic carbocycles. The van der Waals surface area contributed by atoms with Gasteiger partial charge < -0.3 is 21.3 Å². The SMILES string of the molecule is CCC(CC)(CN)C(=O)NC(C)C(=O)Nc1cccc(N2CCCC2)c1.Cl.Cl. The Kier molecular flexibility index (Phi) is 11.5. The predicted molar refractivity (Wildman–Crippen MR) is 121 cm³/mol. The van der Waals surface area contributed by atoms with E-state index in [0.717, 1.165) is 24.5 Å². The monoisotopic (exact) mass is 432 g/mol. The summed E-state index contributed by atoms with van der Waals surface area (Å²) in [5.41, 5.74) is 7.08. The van der Waals surface area contributed by atoms with Crippen molar-refractivity contribution in [2.45, 2.75) is 52.5 Å². The van der Waals surface area contributed by atoms with Gasteiger partial charge in [0, 0.05) is 31.0 Å². The van der Waals surface area contributed by atoms with Crippen LogP contribution in [0, 0.1) is 5.41 Å². The summed E-state index contributed by atoms with van der Waals surface area (Å²) in [6.45, 7) is 7.98. The number of rotatable bonds is 8. The van der Waals surface area contributed by atoms with E-state index in [1.807, 2.05) is 32.0 Å². The number of halogens is 2. The first-order valence-electron chi connectivity index (χ1n) is 9.62. The predicted octanol–water partition coefficient (Wildman–Crippen LogP) is 3.34. The minimum Gasteiger partial charge on any atom is -0.371 e. The number of carbonyl (C=O) groups is 2. The third-order valence-electron chi connectivity index (χ3n) is 5.55. The number of nitrogens with one attached hydrogen (secondary N) is 2. The standard InChI is InChI=1S/C20H32N4O2.2ClH/c1-4-20(5-2,14-21)19(26)22-15(3)18(25)23-16-9-8-10-17(13-16)24-11-6-7-12-24;;/h8-10,13,15H,4-7,11-12,14,21H2,1-3H3,(H,22,26)(H,23,25);2*1H. The quantitative estimate of drug-likeness (QED) is 0.587. The molecule has 2 amide bonds. The summed E-state index contributed by atoms with van der Waals surface area (Å²) in [6.07, 6.45) is 3.71. The van der Waals surface area contributed by atoms with Crippen molar-refractivity contribution < 1.29 is 9.59 Å². The zero-order valence-electron chi connectivity index (χ0n) is 17.0. The topological polar surface area (TPSA) is 87.5 Å². The van der Waals surface area contributed by atoms with Gasteiger partial charge in [0.05, 0.1) is 5.41 Å². The fraction of sp³-hybridized carbons (Fsp3) is 0.600. The van der Waals surface area contributed by atoms with Crippen molar-refractivity contribution in [1.82, 2.24) is 5.32 Å². The zero-order chi connectivity index (χ0) is 19.2. The first-order chi connectivity index (χ1) is 12.5. The largest absolute Gasteiger partial charge is 0.371 e. The second kappa shape index (κ2) is 12.1. The van der Waals surface area contributed by atoms with E-state index in [1.165, 1.54) is 12.8 Å². The maximum absolute atomic E-state index is 12.6. The second-order valence-electron chi connectivity index (χ2n) is 7.12. The summed E-state index contributed by atoms with van der Waals surface area (Å²) in [5, 5.41) is 5.73. The zero-order valence-corrected chi connectivity index (χ0v) is 18.6. The van der Waals surface area contributed by atoms with Gasteiger partial charge in [0.2, 0.25) is 11.8 Å². The summed E-state index contributed by atoms with van der Waals surface area (Å²) in [7, 11) is 0. The summed E-state index contributed by atoms with van der Waals surface area (Å²) >= 11 is 0. The number of nitrogens with zero attached hydrogens (tertiary/aromatic N) is 1. The highest BCUT2D eigenvalue weighted by Crippen LogP contribution is 2.26. The van der Waals surface area contributed by atoms with Crippen LogP contribution < -0.4 is 21.3 Å². The van der Waals surface area contributed by atoms with Crippen LogP contribution in [0.15, 0.2) is 24.3 Å². The van der Waals surface area contributed by atoms with E-state index in [1.54, 1.807) is 6.92 Å². The molecule has 0 bridgehead atoms. The molecule has 1 atom stereocenters.